The Hall–Kier alpha value is -2.19. The van der Waals surface area contributed by atoms with E-state index in [1.165, 1.54) is 0 Å². The first-order valence-corrected chi connectivity index (χ1v) is 6.98. The Balaban J connectivity index is 3.06. The van der Waals surface area contributed by atoms with Gasteiger partial charge in [0.25, 0.3) is 6.08 Å². The summed E-state index contributed by atoms with van der Waals surface area (Å²) in [7, 11) is 2.26. The Morgan fingerprint density at radius 1 is 1.22 bits per heavy atom. The minimum absolute atomic E-state index is 0.288. The third kappa shape index (κ3) is 4.40. The molecule has 0 aromatic carbocycles. The molecule has 2 atom stereocenters. The van der Waals surface area contributed by atoms with Crippen molar-refractivity contribution in [3.63, 3.8) is 0 Å². The third-order valence-corrected chi connectivity index (χ3v) is 3.59. The number of likely N-dealkylation sites (tertiary alicyclic amines) is 1. The highest BCUT2D eigenvalue weighted by Gasteiger charge is 2.42. The number of esters is 1. The molecule has 1 aliphatic heterocycles. The zero-order valence-corrected chi connectivity index (χ0v) is 13.4. The van der Waals surface area contributed by atoms with Crippen LogP contribution in [-0.4, -0.2) is 55.7 Å². The van der Waals surface area contributed by atoms with Gasteiger partial charge in [-0.1, -0.05) is 13.8 Å². The second-order valence-electron chi connectivity index (χ2n) is 5.43. The zero-order chi connectivity index (χ0) is 17.7. The maximum atomic E-state index is 12.8. The minimum Gasteiger partial charge on any atom is -0.467 e. The van der Waals surface area contributed by atoms with Crippen molar-refractivity contribution in [3.05, 3.63) is 11.7 Å². The van der Waals surface area contributed by atoms with Crippen LogP contribution in [-0.2, 0) is 19.1 Å². The van der Waals surface area contributed by atoms with Crippen LogP contribution in [0.3, 0.4) is 0 Å². The number of halogens is 2. The fraction of sp³-hybridized carbons (Fsp3) is 0.643. The van der Waals surface area contributed by atoms with Gasteiger partial charge in [0.15, 0.2) is 0 Å². The van der Waals surface area contributed by atoms with Crippen molar-refractivity contribution in [1.29, 1.82) is 0 Å². The summed E-state index contributed by atoms with van der Waals surface area (Å²) >= 11 is 0. The van der Waals surface area contributed by atoms with Crippen LogP contribution in [0.4, 0.5) is 13.6 Å². The second kappa shape index (κ2) is 7.89. The first-order chi connectivity index (χ1) is 10.7. The molecule has 0 spiro atoms. The molecule has 2 amide bonds. The highest BCUT2D eigenvalue weighted by molar-refractivity contribution is 5.91. The van der Waals surface area contributed by atoms with E-state index in [4.69, 9.17) is 0 Å². The maximum absolute atomic E-state index is 12.8. The van der Waals surface area contributed by atoms with Crippen LogP contribution in [0.2, 0.25) is 0 Å². The van der Waals surface area contributed by atoms with Crippen molar-refractivity contribution >= 4 is 18.0 Å². The van der Waals surface area contributed by atoms with Crippen molar-refractivity contribution in [3.8, 4) is 0 Å². The van der Waals surface area contributed by atoms with E-state index in [0.717, 1.165) is 19.1 Å². The van der Waals surface area contributed by atoms with Crippen LogP contribution < -0.4 is 5.32 Å². The number of amides is 2. The number of alkyl carbamates (subject to hydrolysis) is 1. The Kier molecular flexibility index (Phi) is 6.47. The molecule has 1 fully saturated rings. The second-order valence-corrected chi connectivity index (χ2v) is 5.43. The van der Waals surface area contributed by atoms with E-state index < -0.39 is 36.1 Å². The average Bonchev–Trinajstić information content (AvgIpc) is 2.95. The summed E-state index contributed by atoms with van der Waals surface area (Å²) in [5, 5.41) is 2.36. The van der Waals surface area contributed by atoms with Gasteiger partial charge in [-0.2, -0.15) is 8.78 Å². The lowest BCUT2D eigenvalue weighted by atomic mass is 10.0. The Labute approximate surface area is 132 Å². The molecular formula is C14H20F2N2O5. The molecule has 1 saturated heterocycles. The Morgan fingerprint density at radius 2 is 1.83 bits per heavy atom. The molecule has 0 saturated carbocycles. The highest BCUT2D eigenvalue weighted by Crippen LogP contribution is 2.28. The predicted molar refractivity (Wildman–Crippen MR) is 75.5 cm³/mol. The van der Waals surface area contributed by atoms with Crippen LogP contribution in [0, 0.1) is 5.92 Å². The summed E-state index contributed by atoms with van der Waals surface area (Å²) in [6.07, 6.45) is -3.03. The first-order valence-electron chi connectivity index (χ1n) is 6.98. The van der Waals surface area contributed by atoms with Gasteiger partial charge in [-0.3, -0.25) is 4.79 Å². The summed E-state index contributed by atoms with van der Waals surface area (Å²) in [4.78, 5) is 36.8. The summed E-state index contributed by atoms with van der Waals surface area (Å²) in [6, 6.07) is -2.14. The van der Waals surface area contributed by atoms with Gasteiger partial charge in [0.1, 0.15) is 12.1 Å². The van der Waals surface area contributed by atoms with E-state index in [1.807, 2.05) is 0 Å². The predicted octanol–water partition coefficient (Wildman–Crippen LogP) is 1.29. The van der Waals surface area contributed by atoms with Gasteiger partial charge in [-0.25, -0.2) is 9.59 Å². The lowest BCUT2D eigenvalue weighted by Gasteiger charge is -2.29. The molecule has 0 aromatic heterocycles. The largest absolute Gasteiger partial charge is 0.467 e. The SMILES string of the molecule is COC(=O)N[C@H](C(=O)N1CC(=C(F)F)C[C@H]1C(=O)OC)C(C)C. The van der Waals surface area contributed by atoms with E-state index in [9.17, 15) is 23.2 Å². The standard InChI is InChI=1S/C14H20F2N2O5/c1-7(2)10(17-14(21)23-4)12(19)18-6-8(11(15)16)5-9(18)13(20)22-3/h7,9-10H,5-6H2,1-4H3,(H,17,21)/t9-,10-/m0/s1. The topological polar surface area (TPSA) is 84.9 Å². The summed E-state index contributed by atoms with van der Waals surface area (Å²) in [5.41, 5.74) is -0.297. The third-order valence-electron chi connectivity index (χ3n) is 3.59. The summed E-state index contributed by atoms with van der Waals surface area (Å²) < 4.78 is 34.7. The summed E-state index contributed by atoms with van der Waals surface area (Å²) in [6.45, 7) is 2.97. The molecule has 130 valence electrons. The molecule has 1 rings (SSSR count). The fourth-order valence-electron chi connectivity index (χ4n) is 2.32. The zero-order valence-electron chi connectivity index (χ0n) is 13.4. The van der Waals surface area contributed by atoms with Crippen LogP contribution in [0.1, 0.15) is 20.3 Å². The van der Waals surface area contributed by atoms with Crippen LogP contribution in [0.15, 0.2) is 11.7 Å². The maximum Gasteiger partial charge on any atom is 0.407 e. The van der Waals surface area contributed by atoms with Crippen molar-refractivity contribution < 1.29 is 32.6 Å². The van der Waals surface area contributed by atoms with Crippen LogP contribution in [0.25, 0.3) is 0 Å². The van der Waals surface area contributed by atoms with Crippen molar-refractivity contribution in [2.75, 3.05) is 20.8 Å². The van der Waals surface area contributed by atoms with Crippen LogP contribution >= 0.6 is 0 Å². The number of rotatable bonds is 4. The van der Waals surface area contributed by atoms with Gasteiger partial charge in [-0.15, -0.1) is 0 Å². The molecule has 1 aliphatic rings. The van der Waals surface area contributed by atoms with Crippen molar-refractivity contribution in [1.82, 2.24) is 10.2 Å². The average molecular weight is 334 g/mol. The molecule has 1 heterocycles. The molecular weight excluding hydrogens is 314 g/mol. The van der Waals surface area contributed by atoms with E-state index in [0.29, 0.717) is 0 Å². The smallest absolute Gasteiger partial charge is 0.407 e. The fourth-order valence-corrected chi connectivity index (χ4v) is 2.32. The molecule has 23 heavy (non-hydrogen) atoms. The normalized spacial score (nSPS) is 18.7. The van der Waals surface area contributed by atoms with E-state index in [-0.39, 0.29) is 24.5 Å². The molecule has 9 heteroatoms. The number of carbonyl (C=O) groups is 3. The molecule has 0 unspecified atom stereocenters. The van der Waals surface area contributed by atoms with E-state index in [2.05, 4.69) is 14.8 Å². The van der Waals surface area contributed by atoms with Crippen molar-refractivity contribution in [2.24, 2.45) is 5.92 Å². The summed E-state index contributed by atoms with van der Waals surface area (Å²) in [5.74, 6) is -1.75. The minimum atomic E-state index is -1.92. The van der Waals surface area contributed by atoms with Gasteiger partial charge in [-0.05, 0) is 5.92 Å². The van der Waals surface area contributed by atoms with Gasteiger partial charge < -0.3 is 19.7 Å². The quantitative estimate of drug-likeness (QED) is 0.783. The van der Waals surface area contributed by atoms with Crippen molar-refractivity contribution in [2.45, 2.75) is 32.4 Å². The molecule has 7 nitrogen and oxygen atoms in total. The number of ether oxygens (including phenoxy) is 2. The molecule has 0 aromatic rings. The number of carbonyl (C=O) groups excluding carboxylic acids is 3. The lowest BCUT2D eigenvalue weighted by Crippen LogP contribution is -2.53. The van der Waals surface area contributed by atoms with E-state index in [1.54, 1.807) is 13.8 Å². The van der Waals surface area contributed by atoms with Gasteiger partial charge in [0.05, 0.1) is 14.2 Å². The van der Waals surface area contributed by atoms with Gasteiger partial charge in [0.2, 0.25) is 5.91 Å². The van der Waals surface area contributed by atoms with Crippen LogP contribution in [0.5, 0.6) is 0 Å². The monoisotopic (exact) mass is 334 g/mol. The molecule has 0 radical (unpaired) electrons. The first kappa shape index (κ1) is 18.9. The number of methoxy groups -OCH3 is 2. The molecule has 0 aliphatic carbocycles. The van der Waals surface area contributed by atoms with Gasteiger partial charge in [0, 0.05) is 18.5 Å². The van der Waals surface area contributed by atoms with Gasteiger partial charge >= 0.3 is 12.1 Å². The lowest BCUT2D eigenvalue weighted by molar-refractivity contribution is -0.151. The Morgan fingerprint density at radius 3 is 2.26 bits per heavy atom. The number of hydrogen-bond acceptors (Lipinski definition) is 5. The number of nitrogens with zero attached hydrogens (tertiary/aromatic N) is 1. The Bertz CT molecular complexity index is 517. The molecule has 1 N–H and O–H groups in total. The molecule has 0 bridgehead atoms. The number of hydrogen-bond donors (Lipinski definition) is 1. The highest BCUT2D eigenvalue weighted by atomic mass is 19.3. The van der Waals surface area contributed by atoms with E-state index >= 15 is 0 Å². The number of nitrogens with one attached hydrogen (secondary N) is 1.